The quantitative estimate of drug-likeness (QED) is 0.0542. The topological polar surface area (TPSA) is 110 Å². The van der Waals surface area contributed by atoms with Crippen molar-refractivity contribution < 1.29 is 23.5 Å². The van der Waals surface area contributed by atoms with E-state index in [-0.39, 0.29) is 11.6 Å². The number of rotatable bonds is 15. The molecule has 0 fully saturated rings. The predicted octanol–water partition coefficient (Wildman–Crippen LogP) is 10.8. The molecule has 1 heterocycles. The largest absolute Gasteiger partial charge is 0.494 e. The summed E-state index contributed by atoms with van der Waals surface area (Å²) < 4.78 is 12.7. The van der Waals surface area contributed by atoms with Gasteiger partial charge in [0, 0.05) is 37.9 Å². The second-order valence-electron chi connectivity index (χ2n) is 12.2. The van der Waals surface area contributed by atoms with Crippen LogP contribution in [-0.4, -0.2) is 24.3 Å². The molecule has 0 spiro atoms. The fourth-order valence-electron chi connectivity index (χ4n) is 5.31. The number of nitrogens with one attached hydrogen (secondary N) is 3. The van der Waals surface area contributed by atoms with Crippen LogP contribution in [0.15, 0.2) is 165 Å². The minimum Gasteiger partial charge on any atom is -0.494 e. The lowest BCUT2D eigenvalue weighted by Gasteiger charge is -2.18. The van der Waals surface area contributed by atoms with Crippen LogP contribution >= 0.6 is 27.7 Å². The van der Waals surface area contributed by atoms with E-state index in [9.17, 15) is 14.4 Å². The van der Waals surface area contributed by atoms with Crippen molar-refractivity contribution in [2.24, 2.45) is 0 Å². The van der Waals surface area contributed by atoms with Crippen molar-refractivity contribution in [2.45, 2.75) is 29.9 Å². The number of unbranched alkanes of at least 4 members (excludes halogenated alkanes) is 1. The van der Waals surface area contributed by atoms with Crippen LogP contribution in [0.2, 0.25) is 0 Å². The molecule has 0 radical (unpaired) electrons. The first-order chi connectivity index (χ1) is 26.3. The number of ether oxygens (including phenoxy) is 1. The van der Waals surface area contributed by atoms with Crippen LogP contribution in [0.5, 0.6) is 5.75 Å². The van der Waals surface area contributed by atoms with E-state index in [0.717, 1.165) is 39.1 Å². The highest BCUT2D eigenvalue weighted by molar-refractivity contribution is 9.10. The van der Waals surface area contributed by atoms with Gasteiger partial charge < -0.3 is 25.1 Å². The molecule has 6 aromatic rings. The summed E-state index contributed by atoms with van der Waals surface area (Å²) in [6, 6.07) is 44.0. The lowest BCUT2D eigenvalue weighted by Crippen LogP contribution is -2.30. The highest BCUT2D eigenvalue weighted by Gasteiger charge is 2.23. The molecule has 0 saturated carbocycles. The molecule has 5 aromatic carbocycles. The summed E-state index contributed by atoms with van der Waals surface area (Å²) >= 11 is 4.84. The van der Waals surface area contributed by atoms with Crippen LogP contribution in [0.1, 0.15) is 46.7 Å². The minimum absolute atomic E-state index is 0.000350. The van der Waals surface area contributed by atoms with Gasteiger partial charge in [0.25, 0.3) is 11.8 Å². The zero-order valence-corrected chi connectivity index (χ0v) is 31.9. The summed E-state index contributed by atoms with van der Waals surface area (Å²) in [6.07, 6.45) is 3.53. The molecule has 8 nitrogen and oxygen atoms in total. The number of thioether (sulfide) groups is 1. The first-order valence-electron chi connectivity index (χ1n) is 17.5. The van der Waals surface area contributed by atoms with Crippen molar-refractivity contribution >= 4 is 62.9 Å². The number of furan rings is 1. The van der Waals surface area contributed by atoms with E-state index < -0.39 is 17.1 Å². The Hall–Kier alpha value is -5.84. The molecule has 0 saturated heterocycles. The van der Waals surface area contributed by atoms with E-state index in [2.05, 4.69) is 38.8 Å². The Morgan fingerprint density at radius 2 is 1.41 bits per heavy atom. The van der Waals surface area contributed by atoms with E-state index in [1.807, 2.05) is 103 Å². The first kappa shape index (κ1) is 37.9. The molecule has 54 heavy (non-hydrogen) atoms. The molecule has 0 aliphatic heterocycles. The summed E-state index contributed by atoms with van der Waals surface area (Å²) in [6.45, 7) is 2.77. The molecule has 10 heteroatoms. The SMILES string of the molecule is CCCCOc1ccc(NC(=O)C(Sc2ccc(NC(=O)/C(=C/c3ccc(-c4ccc(Br)cc4)o3)NC(=O)c3ccccc3)cc2)c2ccccc2)cc1. The Labute approximate surface area is 327 Å². The van der Waals surface area contributed by atoms with Crippen molar-refractivity contribution in [1.29, 1.82) is 0 Å². The molecule has 1 atom stereocenters. The van der Waals surface area contributed by atoms with Gasteiger partial charge in [0.05, 0.1) is 6.61 Å². The summed E-state index contributed by atoms with van der Waals surface area (Å²) in [4.78, 5) is 41.3. The van der Waals surface area contributed by atoms with Gasteiger partial charge in [0.1, 0.15) is 28.2 Å². The van der Waals surface area contributed by atoms with Crippen molar-refractivity contribution in [3.8, 4) is 17.1 Å². The molecule has 3 amide bonds. The summed E-state index contributed by atoms with van der Waals surface area (Å²) in [5.74, 6) is 0.613. The van der Waals surface area contributed by atoms with Crippen LogP contribution in [0.4, 0.5) is 11.4 Å². The minimum atomic E-state index is -0.551. The number of anilines is 2. The smallest absolute Gasteiger partial charge is 0.272 e. The highest BCUT2D eigenvalue weighted by atomic mass is 79.9. The lowest BCUT2D eigenvalue weighted by atomic mass is 10.1. The molecule has 0 aliphatic rings. The third-order valence-electron chi connectivity index (χ3n) is 8.17. The number of halogens is 1. The molecule has 0 aliphatic carbocycles. The fourth-order valence-corrected chi connectivity index (χ4v) is 6.60. The normalized spacial score (nSPS) is 11.7. The second-order valence-corrected chi connectivity index (χ2v) is 14.3. The van der Waals surface area contributed by atoms with Crippen LogP contribution < -0.4 is 20.7 Å². The zero-order valence-electron chi connectivity index (χ0n) is 29.5. The maximum atomic E-state index is 13.7. The maximum absolute atomic E-state index is 13.7. The molecule has 1 unspecified atom stereocenters. The van der Waals surface area contributed by atoms with Gasteiger partial charge in [-0.3, -0.25) is 14.4 Å². The monoisotopic (exact) mass is 799 g/mol. The lowest BCUT2D eigenvalue weighted by molar-refractivity contribution is -0.116. The van der Waals surface area contributed by atoms with Gasteiger partial charge >= 0.3 is 0 Å². The van der Waals surface area contributed by atoms with E-state index in [4.69, 9.17) is 9.15 Å². The van der Waals surface area contributed by atoms with Crippen LogP contribution in [0.25, 0.3) is 17.4 Å². The van der Waals surface area contributed by atoms with Gasteiger partial charge in [0.15, 0.2) is 0 Å². The highest BCUT2D eigenvalue weighted by Crippen LogP contribution is 2.37. The van der Waals surface area contributed by atoms with E-state index >= 15 is 0 Å². The number of amides is 3. The molecule has 6 rings (SSSR count). The molecular formula is C44H38BrN3O5S. The van der Waals surface area contributed by atoms with Gasteiger partial charge in [-0.1, -0.05) is 89.9 Å². The standard InChI is InChI=1S/C44H38BrN3O5S/c1-2-3-28-52-36-22-18-34(19-23-36)47-44(51)41(31-10-6-4-7-11-31)54-38-25-20-35(21-26-38)46-43(50)39(48-42(49)32-12-8-5-9-13-32)29-37-24-27-40(53-37)30-14-16-33(45)17-15-30/h4-27,29,41H,2-3,28H2,1H3,(H,46,50)(H,47,51)(H,48,49)/b39-29-. The van der Waals surface area contributed by atoms with Crippen LogP contribution in [-0.2, 0) is 9.59 Å². The summed E-state index contributed by atoms with van der Waals surface area (Å²) in [5, 5.41) is 8.13. The molecule has 3 N–H and O–H groups in total. The Morgan fingerprint density at radius 3 is 2.09 bits per heavy atom. The predicted molar refractivity (Wildman–Crippen MR) is 219 cm³/mol. The number of carbonyl (C=O) groups excluding carboxylic acids is 3. The van der Waals surface area contributed by atoms with E-state index in [1.165, 1.54) is 17.8 Å². The first-order valence-corrected chi connectivity index (χ1v) is 19.1. The number of benzene rings is 5. The Bertz CT molecular complexity index is 2190. The Balaban J connectivity index is 1.16. The van der Waals surface area contributed by atoms with Gasteiger partial charge in [-0.05, 0) is 96.9 Å². The zero-order chi connectivity index (χ0) is 37.7. The third-order valence-corrected chi connectivity index (χ3v) is 9.96. The molecule has 1 aromatic heterocycles. The van der Waals surface area contributed by atoms with Gasteiger partial charge in [0.2, 0.25) is 5.91 Å². The average Bonchev–Trinajstić information content (AvgIpc) is 3.67. The van der Waals surface area contributed by atoms with Crippen molar-refractivity contribution in [2.75, 3.05) is 17.2 Å². The van der Waals surface area contributed by atoms with E-state index in [1.54, 1.807) is 42.5 Å². The van der Waals surface area contributed by atoms with Gasteiger partial charge in [-0.25, -0.2) is 0 Å². The van der Waals surface area contributed by atoms with Gasteiger partial charge in [-0.15, -0.1) is 11.8 Å². The van der Waals surface area contributed by atoms with Crippen LogP contribution in [0.3, 0.4) is 0 Å². The van der Waals surface area contributed by atoms with E-state index in [0.29, 0.717) is 35.1 Å². The van der Waals surface area contributed by atoms with Crippen molar-refractivity contribution in [1.82, 2.24) is 5.32 Å². The fraction of sp³-hybridized carbons (Fsp3) is 0.114. The number of hydrogen-bond acceptors (Lipinski definition) is 6. The Kier molecular flexibility index (Phi) is 13.2. The van der Waals surface area contributed by atoms with Crippen molar-refractivity contribution in [3.63, 3.8) is 0 Å². The Morgan fingerprint density at radius 1 is 0.759 bits per heavy atom. The summed E-state index contributed by atoms with van der Waals surface area (Å²) in [7, 11) is 0. The molecule has 272 valence electrons. The molecular weight excluding hydrogens is 762 g/mol. The van der Waals surface area contributed by atoms with Gasteiger partial charge in [-0.2, -0.15) is 0 Å². The number of carbonyl (C=O) groups is 3. The number of hydrogen-bond donors (Lipinski definition) is 3. The average molecular weight is 801 g/mol. The van der Waals surface area contributed by atoms with Crippen molar-refractivity contribution in [3.05, 3.63) is 173 Å². The summed E-state index contributed by atoms with van der Waals surface area (Å²) in [5.41, 5.74) is 3.29. The maximum Gasteiger partial charge on any atom is 0.272 e. The third kappa shape index (κ3) is 10.6. The second kappa shape index (κ2) is 18.8. The molecule has 0 bridgehead atoms. The van der Waals surface area contributed by atoms with Crippen LogP contribution in [0, 0.1) is 0 Å².